The highest BCUT2D eigenvalue weighted by Crippen LogP contribution is 2.27. The summed E-state index contributed by atoms with van der Waals surface area (Å²) in [5.41, 5.74) is 0.483. The average molecular weight is 292 g/mol. The second kappa shape index (κ2) is 6.30. The number of nitrogens with zero attached hydrogens (tertiary/aromatic N) is 1. The van der Waals surface area contributed by atoms with Crippen LogP contribution >= 0.6 is 0 Å². The van der Waals surface area contributed by atoms with Crippen LogP contribution in [0.1, 0.15) is 24.9 Å². The van der Waals surface area contributed by atoms with Crippen LogP contribution in [0, 0.1) is 21.7 Å². The molecule has 0 aliphatic rings. The number of nitrogens with one attached hydrogen (secondary N) is 1. The molecule has 0 aliphatic carbocycles. The quantitative estimate of drug-likeness (QED) is 0.655. The second-order valence-corrected chi connectivity index (χ2v) is 4.58. The Morgan fingerprint density at radius 1 is 1.24 bits per heavy atom. The SMILES string of the molecule is CCC(Nc1cc([N+](=O)[O-])ccc1F)c1cccc(F)c1. The lowest BCUT2D eigenvalue weighted by Gasteiger charge is -2.19. The van der Waals surface area contributed by atoms with E-state index in [1.54, 1.807) is 12.1 Å². The van der Waals surface area contributed by atoms with Crippen molar-refractivity contribution in [3.63, 3.8) is 0 Å². The molecule has 0 fully saturated rings. The number of halogens is 2. The molecule has 2 aromatic carbocycles. The van der Waals surface area contributed by atoms with Crippen molar-refractivity contribution in [2.45, 2.75) is 19.4 Å². The zero-order chi connectivity index (χ0) is 15.4. The van der Waals surface area contributed by atoms with Crippen LogP contribution < -0.4 is 5.32 Å². The number of nitro groups is 1. The number of nitro benzene ring substituents is 1. The molecule has 0 heterocycles. The molecule has 6 heteroatoms. The van der Waals surface area contributed by atoms with Crippen molar-refractivity contribution in [3.05, 3.63) is 69.8 Å². The molecule has 0 aliphatic heterocycles. The fraction of sp³-hybridized carbons (Fsp3) is 0.200. The molecule has 4 nitrogen and oxygen atoms in total. The minimum atomic E-state index is -0.590. The zero-order valence-corrected chi connectivity index (χ0v) is 11.3. The minimum Gasteiger partial charge on any atom is -0.376 e. The van der Waals surface area contributed by atoms with Crippen LogP contribution in [0.15, 0.2) is 42.5 Å². The third kappa shape index (κ3) is 3.53. The largest absolute Gasteiger partial charge is 0.376 e. The minimum absolute atomic E-state index is 0.0281. The zero-order valence-electron chi connectivity index (χ0n) is 11.3. The van der Waals surface area contributed by atoms with Crippen LogP contribution in [0.5, 0.6) is 0 Å². The van der Waals surface area contributed by atoms with Gasteiger partial charge in [-0.3, -0.25) is 10.1 Å². The van der Waals surface area contributed by atoms with Crippen molar-refractivity contribution >= 4 is 11.4 Å². The normalized spacial score (nSPS) is 12.0. The van der Waals surface area contributed by atoms with Gasteiger partial charge >= 0.3 is 0 Å². The Hall–Kier alpha value is -2.50. The molecule has 0 amide bonds. The van der Waals surface area contributed by atoms with E-state index < -0.39 is 10.7 Å². The van der Waals surface area contributed by atoms with Crippen molar-refractivity contribution in [2.75, 3.05) is 5.32 Å². The summed E-state index contributed by atoms with van der Waals surface area (Å²) >= 11 is 0. The highest BCUT2D eigenvalue weighted by atomic mass is 19.1. The van der Waals surface area contributed by atoms with Gasteiger partial charge in [-0.1, -0.05) is 19.1 Å². The summed E-state index contributed by atoms with van der Waals surface area (Å²) in [6.45, 7) is 1.86. The van der Waals surface area contributed by atoms with Gasteiger partial charge in [-0.05, 0) is 30.2 Å². The first-order chi connectivity index (χ1) is 10.0. The molecule has 2 rings (SSSR count). The Labute approximate surface area is 120 Å². The number of anilines is 1. The van der Waals surface area contributed by atoms with Crippen LogP contribution in [0.25, 0.3) is 0 Å². The number of non-ortho nitro benzene ring substituents is 1. The fourth-order valence-electron chi connectivity index (χ4n) is 2.07. The van der Waals surface area contributed by atoms with Crippen molar-refractivity contribution < 1.29 is 13.7 Å². The van der Waals surface area contributed by atoms with Crippen LogP contribution in [-0.4, -0.2) is 4.92 Å². The number of rotatable bonds is 5. The molecule has 1 N–H and O–H groups in total. The van der Waals surface area contributed by atoms with E-state index in [2.05, 4.69) is 5.32 Å². The van der Waals surface area contributed by atoms with Gasteiger partial charge in [0, 0.05) is 12.1 Å². The number of benzene rings is 2. The van der Waals surface area contributed by atoms with E-state index in [0.29, 0.717) is 12.0 Å². The van der Waals surface area contributed by atoms with E-state index in [0.717, 1.165) is 18.2 Å². The first-order valence-corrected chi connectivity index (χ1v) is 6.47. The lowest BCUT2D eigenvalue weighted by atomic mass is 10.0. The first-order valence-electron chi connectivity index (χ1n) is 6.47. The summed E-state index contributed by atoms with van der Waals surface area (Å²) in [5, 5.41) is 13.6. The Kier molecular flexibility index (Phi) is 4.47. The van der Waals surface area contributed by atoms with Gasteiger partial charge in [-0.2, -0.15) is 0 Å². The molecule has 0 spiro atoms. The highest BCUT2D eigenvalue weighted by molar-refractivity contribution is 5.53. The van der Waals surface area contributed by atoms with Gasteiger partial charge < -0.3 is 5.32 Å². The van der Waals surface area contributed by atoms with Crippen molar-refractivity contribution in [1.29, 1.82) is 0 Å². The molecule has 110 valence electrons. The van der Waals surface area contributed by atoms with E-state index in [1.807, 2.05) is 6.92 Å². The molecule has 0 saturated heterocycles. The number of hydrogen-bond donors (Lipinski definition) is 1. The van der Waals surface area contributed by atoms with Gasteiger partial charge in [0.25, 0.3) is 5.69 Å². The Morgan fingerprint density at radius 2 is 2.00 bits per heavy atom. The second-order valence-electron chi connectivity index (χ2n) is 4.58. The molecule has 21 heavy (non-hydrogen) atoms. The molecule has 0 aromatic heterocycles. The van der Waals surface area contributed by atoms with E-state index in [1.165, 1.54) is 12.1 Å². The maximum Gasteiger partial charge on any atom is 0.271 e. The van der Waals surface area contributed by atoms with E-state index in [9.17, 15) is 18.9 Å². The molecule has 0 radical (unpaired) electrons. The summed E-state index contributed by atoms with van der Waals surface area (Å²) in [4.78, 5) is 10.2. The van der Waals surface area contributed by atoms with Crippen molar-refractivity contribution in [3.8, 4) is 0 Å². The van der Waals surface area contributed by atoms with Gasteiger partial charge in [-0.25, -0.2) is 8.78 Å². The van der Waals surface area contributed by atoms with Crippen LogP contribution in [0.2, 0.25) is 0 Å². The number of hydrogen-bond acceptors (Lipinski definition) is 3. The smallest absolute Gasteiger partial charge is 0.271 e. The van der Waals surface area contributed by atoms with Crippen LogP contribution in [0.3, 0.4) is 0 Å². The maximum absolute atomic E-state index is 13.8. The lowest BCUT2D eigenvalue weighted by molar-refractivity contribution is -0.384. The molecule has 2 aromatic rings. The fourth-order valence-corrected chi connectivity index (χ4v) is 2.07. The lowest BCUT2D eigenvalue weighted by Crippen LogP contribution is -2.11. The third-order valence-corrected chi connectivity index (χ3v) is 3.15. The topological polar surface area (TPSA) is 55.2 Å². The van der Waals surface area contributed by atoms with Crippen LogP contribution in [0.4, 0.5) is 20.2 Å². The average Bonchev–Trinajstić information content (AvgIpc) is 2.46. The molecular weight excluding hydrogens is 278 g/mol. The Balaban J connectivity index is 2.30. The van der Waals surface area contributed by atoms with E-state index >= 15 is 0 Å². The monoisotopic (exact) mass is 292 g/mol. The summed E-state index contributed by atoms with van der Waals surface area (Å²) in [7, 11) is 0. The molecule has 1 unspecified atom stereocenters. The van der Waals surface area contributed by atoms with Gasteiger partial charge in [0.05, 0.1) is 16.7 Å². The van der Waals surface area contributed by atoms with Crippen LogP contribution in [-0.2, 0) is 0 Å². The van der Waals surface area contributed by atoms with Gasteiger partial charge in [0.1, 0.15) is 11.6 Å². The summed E-state index contributed by atoms with van der Waals surface area (Å²) in [5.74, 6) is -0.970. The third-order valence-electron chi connectivity index (χ3n) is 3.15. The predicted octanol–water partition coefficient (Wildman–Crippen LogP) is 4.44. The summed E-state index contributed by atoms with van der Waals surface area (Å²) < 4.78 is 27.0. The van der Waals surface area contributed by atoms with Crippen molar-refractivity contribution in [1.82, 2.24) is 0 Å². The first kappa shape index (κ1) is 14.9. The van der Waals surface area contributed by atoms with Crippen molar-refractivity contribution in [2.24, 2.45) is 0 Å². The molecule has 0 bridgehead atoms. The predicted molar refractivity (Wildman–Crippen MR) is 76.1 cm³/mol. The highest BCUT2D eigenvalue weighted by Gasteiger charge is 2.15. The molecule has 1 atom stereocenters. The summed E-state index contributed by atoms with van der Waals surface area (Å²) in [6, 6.07) is 8.91. The van der Waals surface area contributed by atoms with Gasteiger partial charge in [-0.15, -0.1) is 0 Å². The Morgan fingerprint density at radius 3 is 2.62 bits per heavy atom. The standard InChI is InChI=1S/C15H14F2N2O2/c1-2-14(10-4-3-5-11(16)8-10)18-15-9-12(19(20)21)6-7-13(15)17/h3-9,14,18H,2H2,1H3. The van der Waals surface area contributed by atoms with Gasteiger partial charge in [0.2, 0.25) is 0 Å². The van der Waals surface area contributed by atoms with E-state index in [4.69, 9.17) is 0 Å². The molecular formula is C15H14F2N2O2. The van der Waals surface area contributed by atoms with Gasteiger partial charge in [0.15, 0.2) is 0 Å². The molecule has 0 saturated carbocycles. The summed E-state index contributed by atoms with van der Waals surface area (Å²) in [6.07, 6.45) is 0.575. The maximum atomic E-state index is 13.8. The Bertz CT molecular complexity index is 662. The van der Waals surface area contributed by atoms with E-state index in [-0.39, 0.29) is 23.2 Å².